The average Bonchev–Trinajstić information content (AvgIpc) is 3.21. The molecule has 1 N–H and O–H groups in total. The summed E-state index contributed by atoms with van der Waals surface area (Å²) in [6.45, 7) is 0. The van der Waals surface area contributed by atoms with Gasteiger partial charge in [0.15, 0.2) is 5.78 Å². The van der Waals surface area contributed by atoms with Crippen LogP contribution in [-0.4, -0.2) is 17.4 Å². The molecule has 0 spiro atoms. The van der Waals surface area contributed by atoms with E-state index in [2.05, 4.69) is 17.4 Å². The second kappa shape index (κ2) is 9.04. The predicted molar refractivity (Wildman–Crippen MR) is 131 cm³/mol. The van der Waals surface area contributed by atoms with Crippen LogP contribution in [0.15, 0.2) is 95.9 Å². The van der Waals surface area contributed by atoms with Crippen LogP contribution in [-0.2, 0) is 6.42 Å². The molecular formula is C28H20FNO2S. The van der Waals surface area contributed by atoms with Crippen LogP contribution in [0.2, 0.25) is 0 Å². The number of Topliss-reactive ketones (excluding diaryl/α,β-unsaturated/α-hetero) is 1. The molecule has 0 saturated heterocycles. The van der Waals surface area contributed by atoms with E-state index in [4.69, 9.17) is 0 Å². The number of anilines is 1. The predicted octanol–water partition coefficient (Wildman–Crippen LogP) is 6.62. The molecule has 0 aliphatic heterocycles. The van der Waals surface area contributed by atoms with Gasteiger partial charge in [0.1, 0.15) is 5.82 Å². The molecule has 162 valence electrons. The second-order valence-electron chi connectivity index (χ2n) is 7.88. The summed E-state index contributed by atoms with van der Waals surface area (Å²) < 4.78 is 13.8. The SMILES string of the molecule is O=C(CSc1ccc(NC(=O)c2ccccc2F)cc1)c1ccc2c(c1)Cc1ccccc1-2. The van der Waals surface area contributed by atoms with Crippen molar-refractivity contribution in [3.63, 3.8) is 0 Å². The van der Waals surface area contributed by atoms with E-state index in [1.165, 1.54) is 46.1 Å². The van der Waals surface area contributed by atoms with E-state index in [0.29, 0.717) is 11.4 Å². The van der Waals surface area contributed by atoms with Gasteiger partial charge in [-0.1, -0.05) is 48.5 Å². The van der Waals surface area contributed by atoms with Crippen molar-refractivity contribution in [2.75, 3.05) is 11.1 Å². The molecule has 1 amide bonds. The van der Waals surface area contributed by atoms with Crippen molar-refractivity contribution < 1.29 is 14.0 Å². The minimum Gasteiger partial charge on any atom is -0.322 e. The highest BCUT2D eigenvalue weighted by atomic mass is 32.2. The number of hydrogen-bond acceptors (Lipinski definition) is 3. The van der Waals surface area contributed by atoms with E-state index in [-0.39, 0.29) is 11.3 Å². The van der Waals surface area contributed by atoms with Crippen LogP contribution in [0.4, 0.5) is 10.1 Å². The van der Waals surface area contributed by atoms with Gasteiger partial charge in [-0.2, -0.15) is 0 Å². The number of carbonyl (C=O) groups is 2. The Morgan fingerprint density at radius 1 is 0.818 bits per heavy atom. The van der Waals surface area contributed by atoms with Crippen molar-refractivity contribution in [1.29, 1.82) is 0 Å². The lowest BCUT2D eigenvalue weighted by molar-refractivity contribution is 0.101. The first-order valence-electron chi connectivity index (χ1n) is 10.6. The van der Waals surface area contributed by atoms with Crippen LogP contribution in [0, 0.1) is 5.82 Å². The van der Waals surface area contributed by atoms with Gasteiger partial charge in [-0.05, 0) is 71.1 Å². The summed E-state index contributed by atoms with van der Waals surface area (Å²) in [7, 11) is 0. The van der Waals surface area contributed by atoms with Crippen molar-refractivity contribution in [1.82, 2.24) is 0 Å². The van der Waals surface area contributed by atoms with Gasteiger partial charge in [-0.25, -0.2) is 4.39 Å². The van der Waals surface area contributed by atoms with E-state index in [1.54, 1.807) is 24.3 Å². The topological polar surface area (TPSA) is 46.2 Å². The van der Waals surface area contributed by atoms with E-state index >= 15 is 0 Å². The number of amides is 1. The summed E-state index contributed by atoms with van der Waals surface area (Å²) in [5.74, 6) is -0.651. The van der Waals surface area contributed by atoms with Gasteiger partial charge >= 0.3 is 0 Å². The zero-order valence-electron chi connectivity index (χ0n) is 17.7. The Kier molecular flexibility index (Phi) is 5.80. The van der Waals surface area contributed by atoms with Gasteiger partial charge in [-0.15, -0.1) is 11.8 Å². The minimum atomic E-state index is -0.559. The van der Waals surface area contributed by atoms with Gasteiger partial charge in [0.25, 0.3) is 5.91 Å². The highest BCUT2D eigenvalue weighted by molar-refractivity contribution is 8.00. The monoisotopic (exact) mass is 453 g/mol. The van der Waals surface area contributed by atoms with Crippen molar-refractivity contribution in [3.8, 4) is 11.1 Å². The Morgan fingerprint density at radius 3 is 2.36 bits per heavy atom. The van der Waals surface area contributed by atoms with E-state index in [0.717, 1.165) is 16.9 Å². The average molecular weight is 454 g/mol. The largest absolute Gasteiger partial charge is 0.322 e. The maximum Gasteiger partial charge on any atom is 0.258 e. The van der Waals surface area contributed by atoms with Crippen LogP contribution in [0.1, 0.15) is 31.8 Å². The Labute approximate surface area is 195 Å². The smallest absolute Gasteiger partial charge is 0.258 e. The van der Waals surface area contributed by atoms with Gasteiger partial charge in [0, 0.05) is 16.1 Å². The number of thioether (sulfide) groups is 1. The highest BCUT2D eigenvalue weighted by Gasteiger charge is 2.19. The van der Waals surface area contributed by atoms with Crippen molar-refractivity contribution in [2.24, 2.45) is 0 Å². The molecule has 5 heteroatoms. The molecule has 0 heterocycles. The molecule has 0 unspecified atom stereocenters. The maximum absolute atomic E-state index is 13.8. The Bertz CT molecular complexity index is 1360. The summed E-state index contributed by atoms with van der Waals surface area (Å²) in [5.41, 5.74) is 6.25. The molecule has 1 aliphatic rings. The number of benzene rings is 4. The Morgan fingerprint density at radius 2 is 1.55 bits per heavy atom. The Hall–Kier alpha value is -3.70. The third-order valence-corrected chi connectivity index (χ3v) is 6.73. The Balaban J connectivity index is 1.20. The zero-order chi connectivity index (χ0) is 22.8. The molecule has 0 atom stereocenters. The van der Waals surface area contributed by atoms with Gasteiger partial charge in [-0.3, -0.25) is 9.59 Å². The molecule has 0 radical (unpaired) electrons. The van der Waals surface area contributed by atoms with Crippen molar-refractivity contribution in [2.45, 2.75) is 11.3 Å². The number of carbonyl (C=O) groups excluding carboxylic acids is 2. The molecular weight excluding hydrogens is 433 g/mol. The number of hydrogen-bond donors (Lipinski definition) is 1. The molecule has 4 aromatic rings. The van der Waals surface area contributed by atoms with Crippen molar-refractivity contribution >= 4 is 29.1 Å². The van der Waals surface area contributed by atoms with Gasteiger partial charge in [0.05, 0.1) is 11.3 Å². The fourth-order valence-electron chi connectivity index (χ4n) is 4.03. The third-order valence-electron chi connectivity index (χ3n) is 5.72. The third kappa shape index (κ3) is 4.45. The maximum atomic E-state index is 13.8. The van der Waals surface area contributed by atoms with Crippen molar-refractivity contribution in [3.05, 3.63) is 119 Å². The number of rotatable bonds is 6. The normalized spacial score (nSPS) is 11.5. The number of fused-ring (bicyclic) bond motifs is 3. The molecule has 0 aromatic heterocycles. The number of nitrogens with one attached hydrogen (secondary N) is 1. The van der Waals surface area contributed by atoms with Crippen LogP contribution in [0.3, 0.4) is 0 Å². The summed E-state index contributed by atoms with van der Waals surface area (Å²) in [6, 6.07) is 27.4. The van der Waals surface area contributed by atoms with Crippen LogP contribution in [0.5, 0.6) is 0 Å². The molecule has 0 fully saturated rings. The highest BCUT2D eigenvalue weighted by Crippen LogP contribution is 2.37. The summed E-state index contributed by atoms with van der Waals surface area (Å²) in [4.78, 5) is 25.9. The van der Waals surface area contributed by atoms with E-state index in [9.17, 15) is 14.0 Å². The molecule has 1 aliphatic carbocycles. The van der Waals surface area contributed by atoms with E-state index < -0.39 is 11.7 Å². The van der Waals surface area contributed by atoms with Crippen LogP contribution in [0.25, 0.3) is 11.1 Å². The first-order valence-corrected chi connectivity index (χ1v) is 11.6. The number of ketones is 1. The fraction of sp³-hybridized carbons (Fsp3) is 0.0714. The van der Waals surface area contributed by atoms with E-state index in [1.807, 2.05) is 42.5 Å². The molecule has 33 heavy (non-hydrogen) atoms. The fourth-order valence-corrected chi connectivity index (χ4v) is 4.82. The quantitative estimate of drug-likeness (QED) is 0.232. The number of halogens is 1. The molecule has 0 bridgehead atoms. The molecule has 5 rings (SSSR count). The molecule has 4 aromatic carbocycles. The summed E-state index contributed by atoms with van der Waals surface area (Å²) in [6.07, 6.45) is 0.861. The lowest BCUT2D eigenvalue weighted by Crippen LogP contribution is -2.13. The first kappa shape index (κ1) is 21.2. The van der Waals surface area contributed by atoms with Crippen LogP contribution >= 0.6 is 11.8 Å². The molecule has 0 saturated carbocycles. The van der Waals surface area contributed by atoms with Gasteiger partial charge < -0.3 is 5.32 Å². The lowest BCUT2D eigenvalue weighted by atomic mass is 10.0. The standard InChI is InChI=1S/C28H20FNO2S/c29-26-8-4-3-7-25(26)28(32)30-21-10-12-22(13-11-21)33-17-27(31)19-9-14-24-20(16-19)15-18-5-1-2-6-23(18)24/h1-14,16H,15,17H2,(H,30,32). The minimum absolute atomic E-state index is 0.000934. The summed E-state index contributed by atoms with van der Waals surface area (Å²) in [5, 5.41) is 2.69. The van der Waals surface area contributed by atoms with Gasteiger partial charge in [0.2, 0.25) is 0 Å². The first-order chi connectivity index (χ1) is 16.1. The van der Waals surface area contributed by atoms with Crippen LogP contribution < -0.4 is 5.32 Å². The molecule has 3 nitrogen and oxygen atoms in total. The zero-order valence-corrected chi connectivity index (χ0v) is 18.5. The lowest BCUT2D eigenvalue weighted by Gasteiger charge is -2.08. The summed E-state index contributed by atoms with van der Waals surface area (Å²) >= 11 is 1.45. The second-order valence-corrected chi connectivity index (χ2v) is 8.92.